The number of fused-ring (bicyclic) bond motifs is 1. The lowest BCUT2D eigenvalue weighted by Gasteiger charge is -2.35. The SMILES string of the molecule is CC(C)(C)OC(=O)N1CCN(CCn2c(=O)n(C3=CCCCC3)c3ncc(Br)cc32)CC1. The van der Waals surface area contributed by atoms with Gasteiger partial charge in [-0.15, -0.1) is 0 Å². The second-order valence-corrected chi connectivity index (χ2v) is 10.4. The summed E-state index contributed by atoms with van der Waals surface area (Å²) in [6.07, 6.45) is 7.86. The number of rotatable bonds is 4. The number of allylic oxidation sites excluding steroid dienone is 2. The maximum atomic E-state index is 13.4. The number of amides is 1. The Bertz CT molecular complexity index is 1070. The van der Waals surface area contributed by atoms with Gasteiger partial charge in [0.05, 0.1) is 5.52 Å². The highest BCUT2D eigenvalue weighted by Gasteiger charge is 2.26. The highest BCUT2D eigenvalue weighted by molar-refractivity contribution is 9.10. The largest absolute Gasteiger partial charge is 0.444 e. The highest BCUT2D eigenvalue weighted by Crippen LogP contribution is 2.25. The first-order valence-electron chi connectivity index (χ1n) is 11.4. The zero-order chi connectivity index (χ0) is 22.9. The van der Waals surface area contributed by atoms with Crippen molar-refractivity contribution in [2.45, 2.75) is 58.6 Å². The molecule has 1 amide bonds. The number of nitrogens with zero attached hydrogens (tertiary/aromatic N) is 5. The quantitative estimate of drug-likeness (QED) is 0.629. The molecule has 0 N–H and O–H groups in total. The minimum Gasteiger partial charge on any atom is -0.444 e. The maximum absolute atomic E-state index is 13.4. The number of hydrogen-bond acceptors (Lipinski definition) is 5. The van der Waals surface area contributed by atoms with Crippen LogP contribution >= 0.6 is 15.9 Å². The summed E-state index contributed by atoms with van der Waals surface area (Å²) in [5, 5.41) is 0. The maximum Gasteiger partial charge on any atom is 0.410 e. The molecule has 0 radical (unpaired) electrons. The normalized spacial score (nSPS) is 18.1. The lowest BCUT2D eigenvalue weighted by Crippen LogP contribution is -2.50. The van der Waals surface area contributed by atoms with Crippen molar-refractivity contribution in [3.63, 3.8) is 0 Å². The summed E-state index contributed by atoms with van der Waals surface area (Å²) in [5.74, 6) is 0. The van der Waals surface area contributed by atoms with Gasteiger partial charge in [0.25, 0.3) is 0 Å². The average molecular weight is 506 g/mol. The molecule has 32 heavy (non-hydrogen) atoms. The fourth-order valence-electron chi connectivity index (χ4n) is 4.33. The fraction of sp³-hybridized carbons (Fsp3) is 0.609. The number of ether oxygens (including phenoxy) is 1. The van der Waals surface area contributed by atoms with Crippen LogP contribution in [0.25, 0.3) is 16.9 Å². The molecule has 0 unspecified atom stereocenters. The summed E-state index contributed by atoms with van der Waals surface area (Å²) in [6.45, 7) is 9.76. The number of aromatic nitrogens is 3. The first kappa shape index (κ1) is 23.0. The van der Waals surface area contributed by atoms with E-state index in [0.717, 1.165) is 60.2 Å². The molecular formula is C23H32BrN5O3. The number of piperazine rings is 1. The molecule has 1 aliphatic heterocycles. The van der Waals surface area contributed by atoms with Crippen LogP contribution in [0.5, 0.6) is 0 Å². The van der Waals surface area contributed by atoms with Gasteiger partial charge in [-0.2, -0.15) is 0 Å². The number of imidazole rings is 1. The Morgan fingerprint density at radius 1 is 1.16 bits per heavy atom. The molecule has 174 valence electrons. The number of carbonyl (C=O) groups excluding carboxylic acids is 1. The Balaban J connectivity index is 1.47. The van der Waals surface area contributed by atoms with Crippen molar-refractivity contribution in [2.75, 3.05) is 32.7 Å². The summed E-state index contributed by atoms with van der Waals surface area (Å²) in [5.41, 5.74) is 2.13. The molecule has 0 aromatic carbocycles. The molecule has 8 nitrogen and oxygen atoms in total. The Morgan fingerprint density at radius 3 is 2.56 bits per heavy atom. The van der Waals surface area contributed by atoms with Crippen molar-refractivity contribution in [1.29, 1.82) is 0 Å². The summed E-state index contributed by atoms with van der Waals surface area (Å²) < 4.78 is 9.97. The van der Waals surface area contributed by atoms with Crippen molar-refractivity contribution in [3.8, 4) is 0 Å². The third kappa shape index (κ3) is 5.09. The van der Waals surface area contributed by atoms with Crippen molar-refractivity contribution < 1.29 is 9.53 Å². The molecule has 0 saturated carbocycles. The van der Waals surface area contributed by atoms with Gasteiger partial charge in [0.15, 0.2) is 5.65 Å². The van der Waals surface area contributed by atoms with Gasteiger partial charge in [-0.1, -0.05) is 6.08 Å². The van der Waals surface area contributed by atoms with Gasteiger partial charge in [0.2, 0.25) is 0 Å². The van der Waals surface area contributed by atoms with Crippen LogP contribution < -0.4 is 5.69 Å². The van der Waals surface area contributed by atoms with Gasteiger partial charge in [-0.05, 0) is 68.5 Å². The van der Waals surface area contributed by atoms with Crippen molar-refractivity contribution in [1.82, 2.24) is 23.9 Å². The van der Waals surface area contributed by atoms with Gasteiger partial charge in [0.1, 0.15) is 5.60 Å². The van der Waals surface area contributed by atoms with E-state index in [1.54, 1.807) is 15.7 Å². The number of carbonyl (C=O) groups is 1. The van der Waals surface area contributed by atoms with E-state index in [0.29, 0.717) is 19.6 Å². The Kier molecular flexibility index (Phi) is 6.76. The standard InChI is InChI=1S/C23H32BrN5O3/c1-23(2,3)32-22(31)27-12-9-26(10-13-27)11-14-28-19-15-17(24)16-25-20(19)29(21(28)30)18-7-5-4-6-8-18/h7,15-16H,4-6,8-14H2,1-3H3. The van der Waals surface area contributed by atoms with Gasteiger partial charge in [-0.25, -0.2) is 19.1 Å². The van der Waals surface area contributed by atoms with Gasteiger partial charge >= 0.3 is 11.8 Å². The van der Waals surface area contributed by atoms with E-state index in [1.807, 2.05) is 31.4 Å². The van der Waals surface area contributed by atoms with E-state index in [9.17, 15) is 9.59 Å². The van der Waals surface area contributed by atoms with Crippen LogP contribution in [0.15, 0.2) is 27.6 Å². The molecular weight excluding hydrogens is 474 g/mol. The van der Waals surface area contributed by atoms with Crippen LogP contribution in [0.3, 0.4) is 0 Å². The third-order valence-electron chi connectivity index (χ3n) is 5.96. The number of hydrogen-bond donors (Lipinski definition) is 0. The Morgan fingerprint density at radius 2 is 1.91 bits per heavy atom. The molecule has 1 fully saturated rings. The van der Waals surface area contributed by atoms with Gasteiger partial charge < -0.3 is 9.64 Å². The molecule has 1 aliphatic carbocycles. The molecule has 4 rings (SSSR count). The molecule has 2 aromatic heterocycles. The van der Waals surface area contributed by atoms with Crippen LogP contribution in [0.1, 0.15) is 46.5 Å². The summed E-state index contributed by atoms with van der Waals surface area (Å²) in [6, 6.07) is 1.98. The first-order chi connectivity index (χ1) is 15.2. The second-order valence-electron chi connectivity index (χ2n) is 9.52. The predicted octanol–water partition coefficient (Wildman–Crippen LogP) is 3.93. The topological polar surface area (TPSA) is 72.6 Å². The van der Waals surface area contributed by atoms with E-state index in [1.165, 1.54) is 6.42 Å². The zero-order valence-electron chi connectivity index (χ0n) is 19.1. The van der Waals surface area contributed by atoms with E-state index in [4.69, 9.17) is 4.74 Å². The minimum absolute atomic E-state index is 0.0221. The van der Waals surface area contributed by atoms with Crippen LogP contribution in [-0.4, -0.2) is 68.3 Å². The number of pyridine rings is 1. The van der Waals surface area contributed by atoms with Gasteiger partial charge in [-0.3, -0.25) is 9.47 Å². The molecule has 0 atom stereocenters. The van der Waals surface area contributed by atoms with Crippen molar-refractivity contribution >= 4 is 38.9 Å². The molecule has 0 spiro atoms. The average Bonchev–Trinajstić information content (AvgIpc) is 3.02. The summed E-state index contributed by atoms with van der Waals surface area (Å²) >= 11 is 3.50. The van der Waals surface area contributed by atoms with E-state index >= 15 is 0 Å². The lowest BCUT2D eigenvalue weighted by atomic mass is 10.0. The minimum atomic E-state index is -0.486. The van der Waals surface area contributed by atoms with Crippen LogP contribution in [0, 0.1) is 0 Å². The van der Waals surface area contributed by atoms with E-state index in [-0.39, 0.29) is 11.8 Å². The zero-order valence-corrected chi connectivity index (χ0v) is 20.7. The summed E-state index contributed by atoms with van der Waals surface area (Å²) in [4.78, 5) is 34.3. The summed E-state index contributed by atoms with van der Waals surface area (Å²) in [7, 11) is 0. The van der Waals surface area contributed by atoms with E-state index < -0.39 is 5.60 Å². The van der Waals surface area contributed by atoms with Crippen LogP contribution in [0.4, 0.5) is 4.79 Å². The molecule has 1 saturated heterocycles. The Hall–Kier alpha value is -2.13. The predicted molar refractivity (Wildman–Crippen MR) is 129 cm³/mol. The monoisotopic (exact) mass is 505 g/mol. The molecule has 2 aromatic rings. The fourth-order valence-corrected chi connectivity index (χ4v) is 4.65. The van der Waals surface area contributed by atoms with Crippen LogP contribution in [-0.2, 0) is 11.3 Å². The van der Waals surface area contributed by atoms with E-state index in [2.05, 4.69) is 31.9 Å². The smallest absolute Gasteiger partial charge is 0.410 e. The van der Waals surface area contributed by atoms with Crippen molar-refractivity contribution in [2.24, 2.45) is 0 Å². The lowest BCUT2D eigenvalue weighted by molar-refractivity contribution is 0.0143. The molecule has 2 aliphatic rings. The van der Waals surface area contributed by atoms with Crippen molar-refractivity contribution in [3.05, 3.63) is 33.3 Å². The first-order valence-corrected chi connectivity index (χ1v) is 12.2. The second kappa shape index (κ2) is 9.39. The van der Waals surface area contributed by atoms with Crippen LogP contribution in [0.2, 0.25) is 0 Å². The molecule has 9 heteroatoms. The Labute approximate surface area is 197 Å². The molecule has 0 bridgehead atoms. The highest BCUT2D eigenvalue weighted by atomic mass is 79.9. The third-order valence-corrected chi connectivity index (χ3v) is 6.39. The number of halogens is 1. The van der Waals surface area contributed by atoms with Gasteiger partial charge in [0, 0.05) is 55.6 Å². The molecule has 3 heterocycles.